The van der Waals surface area contributed by atoms with E-state index in [2.05, 4.69) is 36.0 Å². The van der Waals surface area contributed by atoms with E-state index >= 15 is 0 Å². The van der Waals surface area contributed by atoms with Gasteiger partial charge in [-0.1, -0.05) is 6.92 Å². The van der Waals surface area contributed by atoms with Crippen LogP contribution in [0.25, 0.3) is 0 Å². The Labute approximate surface area is 100 Å². The Morgan fingerprint density at radius 1 is 1.06 bits per heavy atom. The molecule has 0 aliphatic carbocycles. The fourth-order valence-electron chi connectivity index (χ4n) is 3.24. The third-order valence-electron chi connectivity index (χ3n) is 4.27. The molecular formula is C13H27N3. The number of hydrogen-bond donors (Lipinski definition) is 1. The van der Waals surface area contributed by atoms with Crippen molar-refractivity contribution in [3.63, 3.8) is 0 Å². The van der Waals surface area contributed by atoms with Gasteiger partial charge < -0.3 is 10.2 Å². The molecule has 16 heavy (non-hydrogen) atoms. The molecule has 3 nitrogen and oxygen atoms in total. The molecule has 0 radical (unpaired) electrons. The monoisotopic (exact) mass is 225 g/mol. The number of likely N-dealkylation sites (tertiary alicyclic amines) is 1. The van der Waals surface area contributed by atoms with E-state index in [9.17, 15) is 0 Å². The highest BCUT2D eigenvalue weighted by molar-refractivity contribution is 4.86. The Morgan fingerprint density at radius 2 is 1.88 bits per heavy atom. The third-order valence-corrected chi connectivity index (χ3v) is 4.27. The second-order valence-electron chi connectivity index (χ2n) is 5.78. The molecule has 2 rings (SSSR count). The minimum atomic E-state index is 0.701. The summed E-state index contributed by atoms with van der Waals surface area (Å²) in [5, 5.41) is 3.59. The summed E-state index contributed by atoms with van der Waals surface area (Å²) in [5.74, 6) is 0.826. The fraction of sp³-hybridized carbons (Fsp3) is 1.00. The van der Waals surface area contributed by atoms with E-state index in [1.165, 1.54) is 45.6 Å². The van der Waals surface area contributed by atoms with Crippen LogP contribution in [0.15, 0.2) is 0 Å². The zero-order valence-corrected chi connectivity index (χ0v) is 11.1. The van der Waals surface area contributed by atoms with E-state index < -0.39 is 0 Å². The minimum absolute atomic E-state index is 0.701. The van der Waals surface area contributed by atoms with Crippen molar-refractivity contribution < 1.29 is 0 Å². The predicted octanol–water partition coefficient (Wildman–Crippen LogP) is 1.01. The maximum Gasteiger partial charge on any atom is 0.0146 e. The van der Waals surface area contributed by atoms with Crippen molar-refractivity contribution in [1.29, 1.82) is 0 Å². The van der Waals surface area contributed by atoms with Crippen LogP contribution in [-0.4, -0.2) is 61.7 Å². The van der Waals surface area contributed by atoms with Crippen molar-refractivity contribution in [2.45, 2.75) is 38.8 Å². The quantitative estimate of drug-likeness (QED) is 0.718. The number of rotatable bonds is 1. The highest BCUT2D eigenvalue weighted by Crippen LogP contribution is 2.22. The van der Waals surface area contributed by atoms with Crippen molar-refractivity contribution in [2.24, 2.45) is 5.92 Å². The van der Waals surface area contributed by atoms with E-state index in [0.717, 1.165) is 12.0 Å². The van der Waals surface area contributed by atoms with Gasteiger partial charge in [-0.15, -0.1) is 0 Å². The zero-order chi connectivity index (χ0) is 11.5. The van der Waals surface area contributed by atoms with Crippen molar-refractivity contribution in [3.8, 4) is 0 Å². The molecule has 0 aromatic carbocycles. The number of nitrogens with zero attached hydrogens (tertiary/aromatic N) is 2. The molecule has 2 aliphatic rings. The Balaban J connectivity index is 1.90. The summed E-state index contributed by atoms with van der Waals surface area (Å²) < 4.78 is 0. The van der Waals surface area contributed by atoms with Gasteiger partial charge in [0.05, 0.1) is 0 Å². The van der Waals surface area contributed by atoms with E-state index in [4.69, 9.17) is 0 Å². The second kappa shape index (κ2) is 5.48. The summed E-state index contributed by atoms with van der Waals surface area (Å²) in [6.45, 7) is 11.0. The van der Waals surface area contributed by atoms with Gasteiger partial charge in [0.2, 0.25) is 0 Å². The molecule has 0 spiro atoms. The van der Waals surface area contributed by atoms with Gasteiger partial charge in [-0.3, -0.25) is 4.90 Å². The number of nitrogens with one attached hydrogen (secondary N) is 1. The molecule has 3 heteroatoms. The molecule has 94 valence electrons. The molecule has 0 bridgehead atoms. The summed E-state index contributed by atoms with van der Waals surface area (Å²) in [5.41, 5.74) is 0. The van der Waals surface area contributed by atoms with Gasteiger partial charge in [-0.25, -0.2) is 0 Å². The molecule has 0 saturated carbocycles. The third kappa shape index (κ3) is 2.96. The highest BCUT2D eigenvalue weighted by atomic mass is 15.2. The Morgan fingerprint density at radius 3 is 2.62 bits per heavy atom. The maximum absolute atomic E-state index is 3.59. The molecule has 2 heterocycles. The first kappa shape index (κ1) is 12.3. The van der Waals surface area contributed by atoms with Gasteiger partial charge in [0.1, 0.15) is 0 Å². The molecule has 2 saturated heterocycles. The summed E-state index contributed by atoms with van der Waals surface area (Å²) in [7, 11) is 2.25. The second-order valence-corrected chi connectivity index (χ2v) is 5.78. The molecule has 1 N–H and O–H groups in total. The Bertz CT molecular complexity index is 219. The molecule has 0 amide bonds. The molecule has 0 aromatic rings. The van der Waals surface area contributed by atoms with Crippen LogP contribution in [0.3, 0.4) is 0 Å². The van der Waals surface area contributed by atoms with Gasteiger partial charge in [-0.05, 0) is 45.8 Å². The van der Waals surface area contributed by atoms with E-state index in [-0.39, 0.29) is 0 Å². The van der Waals surface area contributed by atoms with Crippen molar-refractivity contribution >= 4 is 0 Å². The summed E-state index contributed by atoms with van der Waals surface area (Å²) in [6, 6.07) is 1.52. The number of piperidine rings is 1. The molecule has 2 fully saturated rings. The van der Waals surface area contributed by atoms with E-state index in [0.29, 0.717) is 6.04 Å². The maximum atomic E-state index is 3.59. The molecular weight excluding hydrogens is 198 g/mol. The van der Waals surface area contributed by atoms with Crippen molar-refractivity contribution in [3.05, 3.63) is 0 Å². The molecule has 3 atom stereocenters. The van der Waals surface area contributed by atoms with Crippen LogP contribution in [0, 0.1) is 5.92 Å². The van der Waals surface area contributed by atoms with Crippen LogP contribution >= 0.6 is 0 Å². The van der Waals surface area contributed by atoms with Gasteiger partial charge in [0.15, 0.2) is 0 Å². The first-order valence-corrected chi connectivity index (χ1v) is 6.83. The minimum Gasteiger partial charge on any atom is -0.313 e. The fourth-order valence-corrected chi connectivity index (χ4v) is 3.24. The van der Waals surface area contributed by atoms with Crippen molar-refractivity contribution in [1.82, 2.24) is 15.1 Å². The molecule has 2 aliphatic heterocycles. The van der Waals surface area contributed by atoms with Crippen LogP contribution in [0.5, 0.6) is 0 Å². The lowest BCUT2D eigenvalue weighted by Crippen LogP contribution is -2.50. The van der Waals surface area contributed by atoms with Crippen LogP contribution in [0.4, 0.5) is 0 Å². The van der Waals surface area contributed by atoms with Crippen LogP contribution in [0.2, 0.25) is 0 Å². The smallest absolute Gasteiger partial charge is 0.0146 e. The topological polar surface area (TPSA) is 18.5 Å². The van der Waals surface area contributed by atoms with Gasteiger partial charge in [0, 0.05) is 31.7 Å². The Hall–Kier alpha value is -0.120. The lowest BCUT2D eigenvalue weighted by molar-refractivity contribution is 0.0796. The van der Waals surface area contributed by atoms with Crippen molar-refractivity contribution in [2.75, 3.05) is 39.8 Å². The highest BCUT2D eigenvalue weighted by Gasteiger charge is 2.29. The summed E-state index contributed by atoms with van der Waals surface area (Å²) in [6.07, 6.45) is 2.66. The largest absolute Gasteiger partial charge is 0.313 e. The normalized spacial score (nSPS) is 39.6. The lowest BCUT2D eigenvalue weighted by atomic mass is 9.92. The zero-order valence-electron chi connectivity index (χ0n) is 11.1. The average Bonchev–Trinajstić information content (AvgIpc) is 2.43. The SMILES string of the molecule is CC1CCN(C2CCN(C)CC2C)CCN1. The predicted molar refractivity (Wildman–Crippen MR) is 68.7 cm³/mol. The average molecular weight is 225 g/mol. The summed E-state index contributed by atoms with van der Waals surface area (Å²) in [4.78, 5) is 5.20. The lowest BCUT2D eigenvalue weighted by Gasteiger charge is -2.41. The number of hydrogen-bond acceptors (Lipinski definition) is 3. The van der Waals surface area contributed by atoms with Crippen LogP contribution < -0.4 is 5.32 Å². The Kier molecular flexibility index (Phi) is 4.22. The molecule has 3 unspecified atom stereocenters. The standard InChI is InChI=1S/C13H27N3/c1-11-10-15(3)7-5-13(11)16-8-4-12(2)14-6-9-16/h11-14H,4-10H2,1-3H3. The van der Waals surface area contributed by atoms with Gasteiger partial charge in [0.25, 0.3) is 0 Å². The first-order valence-electron chi connectivity index (χ1n) is 6.83. The van der Waals surface area contributed by atoms with E-state index in [1.54, 1.807) is 0 Å². The van der Waals surface area contributed by atoms with Gasteiger partial charge >= 0.3 is 0 Å². The van der Waals surface area contributed by atoms with Gasteiger partial charge in [-0.2, -0.15) is 0 Å². The van der Waals surface area contributed by atoms with Crippen LogP contribution in [-0.2, 0) is 0 Å². The van der Waals surface area contributed by atoms with Crippen LogP contribution in [0.1, 0.15) is 26.7 Å². The first-order chi connectivity index (χ1) is 7.66. The van der Waals surface area contributed by atoms with E-state index in [1.807, 2.05) is 0 Å². The molecule has 0 aromatic heterocycles. The summed E-state index contributed by atoms with van der Waals surface area (Å²) >= 11 is 0.